The first-order chi connectivity index (χ1) is 15.0. The highest BCUT2D eigenvalue weighted by atomic mass is 32.2. The topological polar surface area (TPSA) is 108 Å². The van der Waals surface area contributed by atoms with Crippen LogP contribution in [0.2, 0.25) is 0 Å². The van der Waals surface area contributed by atoms with Crippen LogP contribution in [0, 0.1) is 0 Å². The lowest BCUT2D eigenvalue weighted by molar-refractivity contribution is 0.0995. The summed E-state index contributed by atoms with van der Waals surface area (Å²) >= 11 is 0. The van der Waals surface area contributed by atoms with E-state index in [4.69, 9.17) is 0 Å². The van der Waals surface area contributed by atoms with Gasteiger partial charge in [-0.3, -0.25) is 9.69 Å². The molecule has 1 amide bonds. The Morgan fingerprint density at radius 3 is 2.55 bits per heavy atom. The molecule has 0 aliphatic carbocycles. The minimum atomic E-state index is -3.51. The molecule has 0 unspecified atom stereocenters. The standard InChI is InChI=1S/C21H20N6O3S/c28-21-16-8-4-9-17-19(16)20(24-25-21)23-18(22-17)14-26-10-5-11-27(13-12-26)31(29,30)15-6-2-1-3-7-15/h1-4,6-9H,5,10-14H2. The molecule has 158 valence electrons. The van der Waals surface area contributed by atoms with Crippen molar-refractivity contribution in [1.82, 2.24) is 19.2 Å². The molecule has 3 heterocycles. The van der Waals surface area contributed by atoms with Crippen LogP contribution in [-0.2, 0) is 16.6 Å². The number of benzene rings is 2. The smallest absolute Gasteiger partial charge is 0.295 e. The monoisotopic (exact) mass is 436 g/mol. The van der Waals surface area contributed by atoms with Crippen molar-refractivity contribution < 1.29 is 13.2 Å². The summed E-state index contributed by atoms with van der Waals surface area (Å²) in [7, 11) is -3.51. The fraction of sp³-hybridized carbons (Fsp3) is 0.286. The Balaban J connectivity index is 1.35. The lowest BCUT2D eigenvalue weighted by atomic mass is 10.1. The van der Waals surface area contributed by atoms with Gasteiger partial charge in [-0.25, -0.2) is 18.4 Å². The predicted molar refractivity (Wildman–Crippen MR) is 113 cm³/mol. The van der Waals surface area contributed by atoms with Gasteiger partial charge in [-0.05, 0) is 37.2 Å². The molecular formula is C21H20N6O3S. The van der Waals surface area contributed by atoms with E-state index in [1.165, 1.54) is 0 Å². The summed E-state index contributed by atoms with van der Waals surface area (Å²) in [5.74, 6) is 0.590. The average molecular weight is 436 g/mol. The van der Waals surface area contributed by atoms with Gasteiger partial charge >= 0.3 is 0 Å². The SMILES string of the molecule is O=C1N=Nc2nc(CN3CCCN(S(=O)(=O)c4ccccc4)CC3)nc3cccc1c23. The van der Waals surface area contributed by atoms with Gasteiger partial charge in [-0.15, -0.1) is 10.2 Å². The number of hydrogen-bond donors (Lipinski definition) is 0. The number of carbonyl (C=O) groups excluding carboxylic acids is 1. The van der Waals surface area contributed by atoms with Crippen LogP contribution in [0.3, 0.4) is 0 Å². The summed E-state index contributed by atoms with van der Waals surface area (Å²) in [4.78, 5) is 23.5. The molecule has 3 aromatic rings. The van der Waals surface area contributed by atoms with E-state index in [-0.39, 0.29) is 5.91 Å². The summed E-state index contributed by atoms with van der Waals surface area (Å²) in [5.41, 5.74) is 1.12. The second-order valence-corrected chi connectivity index (χ2v) is 9.45. The molecule has 0 radical (unpaired) electrons. The van der Waals surface area contributed by atoms with Gasteiger partial charge in [-0.2, -0.15) is 4.31 Å². The molecular weight excluding hydrogens is 416 g/mol. The fourth-order valence-electron chi connectivity index (χ4n) is 3.97. The summed E-state index contributed by atoms with van der Waals surface area (Å²) in [6.07, 6.45) is 0.713. The van der Waals surface area contributed by atoms with Crippen LogP contribution in [0.5, 0.6) is 0 Å². The molecule has 1 saturated heterocycles. The average Bonchev–Trinajstić information content (AvgIpc) is 3.03. The summed E-state index contributed by atoms with van der Waals surface area (Å²) in [6, 6.07) is 13.8. The molecule has 0 N–H and O–H groups in total. The van der Waals surface area contributed by atoms with Crippen molar-refractivity contribution in [2.75, 3.05) is 26.2 Å². The summed E-state index contributed by atoms with van der Waals surface area (Å²) < 4.78 is 27.4. The zero-order valence-corrected chi connectivity index (χ0v) is 17.5. The van der Waals surface area contributed by atoms with Gasteiger partial charge in [0.15, 0.2) is 5.82 Å². The molecule has 0 spiro atoms. The molecule has 1 aromatic heterocycles. The molecule has 0 saturated carbocycles. The van der Waals surface area contributed by atoms with Gasteiger partial charge in [0.2, 0.25) is 10.0 Å². The minimum absolute atomic E-state index is 0.316. The molecule has 1 fully saturated rings. The van der Waals surface area contributed by atoms with Gasteiger partial charge in [-0.1, -0.05) is 24.3 Å². The minimum Gasteiger partial charge on any atom is -0.295 e. The van der Waals surface area contributed by atoms with Crippen LogP contribution in [0.1, 0.15) is 22.6 Å². The quantitative estimate of drug-likeness (QED) is 0.622. The van der Waals surface area contributed by atoms with E-state index in [0.717, 1.165) is 6.54 Å². The van der Waals surface area contributed by atoms with E-state index < -0.39 is 10.0 Å². The van der Waals surface area contributed by atoms with Gasteiger partial charge in [0.05, 0.1) is 27.9 Å². The molecule has 31 heavy (non-hydrogen) atoms. The van der Waals surface area contributed by atoms with Crippen molar-refractivity contribution in [3.8, 4) is 0 Å². The second kappa shape index (κ2) is 7.88. The van der Waals surface area contributed by atoms with E-state index >= 15 is 0 Å². The van der Waals surface area contributed by atoms with Crippen molar-refractivity contribution in [1.29, 1.82) is 0 Å². The Morgan fingerprint density at radius 1 is 0.871 bits per heavy atom. The van der Waals surface area contributed by atoms with Crippen molar-refractivity contribution >= 4 is 32.7 Å². The van der Waals surface area contributed by atoms with E-state index in [1.54, 1.807) is 46.8 Å². The zero-order chi connectivity index (χ0) is 21.4. The Labute approximate surface area is 179 Å². The maximum Gasteiger partial charge on any atom is 0.296 e. The van der Waals surface area contributed by atoms with E-state index in [2.05, 4.69) is 25.1 Å². The first-order valence-electron chi connectivity index (χ1n) is 10.1. The maximum absolute atomic E-state index is 12.9. The van der Waals surface area contributed by atoms with Gasteiger partial charge in [0.1, 0.15) is 5.82 Å². The van der Waals surface area contributed by atoms with Crippen LogP contribution in [0.4, 0.5) is 5.82 Å². The first kappa shape index (κ1) is 19.9. The summed E-state index contributed by atoms with van der Waals surface area (Å²) in [5, 5.41) is 8.26. The van der Waals surface area contributed by atoms with Crippen molar-refractivity contribution in [3.63, 3.8) is 0 Å². The predicted octanol–water partition coefficient (Wildman–Crippen LogP) is 2.76. The van der Waals surface area contributed by atoms with Crippen LogP contribution in [0.15, 0.2) is 63.7 Å². The van der Waals surface area contributed by atoms with Gasteiger partial charge in [0, 0.05) is 19.6 Å². The van der Waals surface area contributed by atoms with Crippen molar-refractivity contribution in [3.05, 3.63) is 59.9 Å². The number of aromatic nitrogens is 2. The number of hydrogen-bond acceptors (Lipinski definition) is 7. The zero-order valence-electron chi connectivity index (χ0n) is 16.7. The number of amides is 1. The maximum atomic E-state index is 12.9. The molecule has 5 rings (SSSR count). The molecule has 2 aliphatic rings. The van der Waals surface area contributed by atoms with Crippen molar-refractivity contribution in [2.24, 2.45) is 10.2 Å². The molecule has 9 nitrogen and oxygen atoms in total. The first-order valence-corrected chi connectivity index (χ1v) is 11.5. The van der Waals surface area contributed by atoms with Crippen LogP contribution in [0.25, 0.3) is 10.9 Å². The Hall–Kier alpha value is -3.08. The third-order valence-corrected chi connectivity index (χ3v) is 7.42. The molecule has 0 bridgehead atoms. The molecule has 2 aliphatic heterocycles. The van der Waals surface area contributed by atoms with Crippen LogP contribution in [-0.4, -0.2) is 59.7 Å². The number of rotatable bonds is 4. The Kier molecular flexibility index (Phi) is 5.05. The van der Waals surface area contributed by atoms with Crippen molar-refractivity contribution in [2.45, 2.75) is 17.9 Å². The fourth-order valence-corrected chi connectivity index (χ4v) is 5.46. The van der Waals surface area contributed by atoms with Crippen LogP contribution < -0.4 is 0 Å². The van der Waals surface area contributed by atoms with E-state index in [1.807, 2.05) is 6.07 Å². The van der Waals surface area contributed by atoms with Crippen LogP contribution >= 0.6 is 0 Å². The number of nitrogens with zero attached hydrogens (tertiary/aromatic N) is 6. The molecule has 2 aromatic carbocycles. The summed E-state index contributed by atoms with van der Waals surface area (Å²) in [6.45, 7) is 2.64. The third-order valence-electron chi connectivity index (χ3n) is 5.51. The highest BCUT2D eigenvalue weighted by Gasteiger charge is 2.27. The highest BCUT2D eigenvalue weighted by molar-refractivity contribution is 7.89. The van der Waals surface area contributed by atoms with E-state index in [0.29, 0.717) is 65.6 Å². The lowest BCUT2D eigenvalue weighted by Gasteiger charge is -2.21. The largest absolute Gasteiger partial charge is 0.296 e. The van der Waals surface area contributed by atoms with Gasteiger partial charge < -0.3 is 0 Å². The molecule has 10 heteroatoms. The van der Waals surface area contributed by atoms with E-state index in [9.17, 15) is 13.2 Å². The Morgan fingerprint density at radius 2 is 1.71 bits per heavy atom. The second-order valence-electron chi connectivity index (χ2n) is 7.52. The molecule has 0 atom stereocenters. The number of carbonyl (C=O) groups is 1. The lowest BCUT2D eigenvalue weighted by Crippen LogP contribution is -2.35. The Bertz CT molecular complexity index is 1290. The van der Waals surface area contributed by atoms with Gasteiger partial charge in [0.25, 0.3) is 5.91 Å². The highest BCUT2D eigenvalue weighted by Crippen LogP contribution is 2.31. The number of sulfonamides is 1. The number of azo groups is 1. The third kappa shape index (κ3) is 3.73. The normalized spacial score (nSPS) is 17.7.